The smallest absolute Gasteiger partial charge is 0.324 e. The lowest BCUT2D eigenvalue weighted by atomic mass is 9.88. The van der Waals surface area contributed by atoms with Gasteiger partial charge in [-0.1, -0.05) is 63.8 Å². The molecule has 2 N–H and O–H groups in total. The summed E-state index contributed by atoms with van der Waals surface area (Å²) < 4.78 is 12.1. The second-order valence-corrected chi connectivity index (χ2v) is 7.02. The van der Waals surface area contributed by atoms with Gasteiger partial charge in [-0.2, -0.15) is 0 Å². The summed E-state index contributed by atoms with van der Waals surface area (Å²) in [5, 5.41) is -1.02. The summed E-state index contributed by atoms with van der Waals surface area (Å²) >= 11 is 0. The standard InChI is InChI=1S/C15H24O3P/c1-3-5-12-15(13-6-4-2,19(16,17)18)14-10-8-7-9-11-14/h8-11H,3-6,12-13H2,1-2H3,(H2,16,17,18). The molecule has 0 aromatic heterocycles. The summed E-state index contributed by atoms with van der Waals surface area (Å²) in [6.07, 6.45) is 4.61. The molecule has 1 radical (unpaired) electrons. The maximum absolute atomic E-state index is 12.1. The fourth-order valence-electron chi connectivity index (χ4n) is 2.51. The van der Waals surface area contributed by atoms with Gasteiger partial charge in [-0.3, -0.25) is 4.57 Å². The van der Waals surface area contributed by atoms with Crippen molar-refractivity contribution in [2.45, 2.75) is 57.5 Å². The van der Waals surface area contributed by atoms with E-state index < -0.39 is 12.8 Å². The Bertz CT molecular complexity index is 403. The molecule has 1 rings (SSSR count). The van der Waals surface area contributed by atoms with Gasteiger partial charge in [0.25, 0.3) is 0 Å². The first-order valence-corrected chi connectivity index (χ1v) is 8.61. The number of benzene rings is 1. The molecule has 0 aliphatic heterocycles. The number of rotatable bonds is 8. The van der Waals surface area contributed by atoms with Crippen molar-refractivity contribution >= 4 is 7.60 Å². The molecular weight excluding hydrogens is 259 g/mol. The third kappa shape index (κ3) is 3.92. The number of hydrogen-bond acceptors (Lipinski definition) is 1. The lowest BCUT2D eigenvalue weighted by molar-refractivity contribution is 0.300. The first-order chi connectivity index (χ1) is 8.98. The topological polar surface area (TPSA) is 57.5 Å². The predicted molar refractivity (Wildman–Crippen MR) is 78.1 cm³/mol. The van der Waals surface area contributed by atoms with Crippen LogP contribution in [0.5, 0.6) is 0 Å². The average Bonchev–Trinajstić information content (AvgIpc) is 2.39. The van der Waals surface area contributed by atoms with Crippen LogP contribution in [0.15, 0.2) is 24.3 Å². The number of hydrogen-bond donors (Lipinski definition) is 2. The molecule has 1 aromatic carbocycles. The van der Waals surface area contributed by atoms with E-state index in [9.17, 15) is 14.4 Å². The van der Waals surface area contributed by atoms with Crippen molar-refractivity contribution in [3.05, 3.63) is 35.9 Å². The molecular formula is C15H24O3P. The predicted octanol–water partition coefficient (Wildman–Crippen LogP) is 4.24. The Balaban J connectivity index is 3.22. The number of unbranched alkanes of at least 4 members (excludes halogenated alkanes) is 2. The zero-order chi connectivity index (χ0) is 14.4. The van der Waals surface area contributed by atoms with Gasteiger partial charge in [0.1, 0.15) is 0 Å². The van der Waals surface area contributed by atoms with Crippen molar-refractivity contribution in [3.8, 4) is 0 Å². The Morgan fingerprint density at radius 2 is 1.58 bits per heavy atom. The Kier molecular flexibility index (Phi) is 6.25. The normalized spacial score (nSPS) is 12.6. The van der Waals surface area contributed by atoms with Gasteiger partial charge < -0.3 is 9.79 Å². The summed E-state index contributed by atoms with van der Waals surface area (Å²) in [6, 6.07) is 9.98. The highest BCUT2D eigenvalue weighted by Gasteiger charge is 2.46. The van der Waals surface area contributed by atoms with E-state index in [0.29, 0.717) is 12.8 Å². The van der Waals surface area contributed by atoms with E-state index >= 15 is 0 Å². The third-order valence-electron chi connectivity index (χ3n) is 3.70. The molecule has 107 valence electrons. The van der Waals surface area contributed by atoms with Crippen molar-refractivity contribution in [1.29, 1.82) is 0 Å². The minimum atomic E-state index is -4.20. The highest BCUT2D eigenvalue weighted by molar-refractivity contribution is 7.53. The average molecular weight is 283 g/mol. The Labute approximate surface area is 116 Å². The first-order valence-electron chi connectivity index (χ1n) is 7.00. The molecule has 0 unspecified atom stereocenters. The van der Waals surface area contributed by atoms with E-state index in [0.717, 1.165) is 31.2 Å². The van der Waals surface area contributed by atoms with Gasteiger partial charge in [0.15, 0.2) is 0 Å². The molecule has 0 saturated heterocycles. The molecule has 0 amide bonds. The van der Waals surface area contributed by atoms with Gasteiger partial charge in [0, 0.05) is 0 Å². The van der Waals surface area contributed by atoms with Crippen LogP contribution in [0.3, 0.4) is 0 Å². The molecule has 0 aliphatic carbocycles. The third-order valence-corrected chi connectivity index (χ3v) is 5.52. The van der Waals surface area contributed by atoms with Gasteiger partial charge in [-0.15, -0.1) is 0 Å². The Morgan fingerprint density at radius 3 is 1.95 bits per heavy atom. The van der Waals surface area contributed by atoms with Crippen LogP contribution in [0.2, 0.25) is 0 Å². The van der Waals surface area contributed by atoms with Crippen LogP contribution in [0.4, 0.5) is 0 Å². The molecule has 0 aliphatic rings. The fraction of sp³-hybridized carbons (Fsp3) is 0.600. The molecule has 0 heterocycles. The molecule has 0 fully saturated rings. The van der Waals surface area contributed by atoms with Crippen molar-refractivity contribution < 1.29 is 14.4 Å². The van der Waals surface area contributed by atoms with E-state index in [2.05, 4.69) is 6.07 Å². The highest BCUT2D eigenvalue weighted by atomic mass is 31.2. The minimum Gasteiger partial charge on any atom is -0.324 e. The van der Waals surface area contributed by atoms with Crippen molar-refractivity contribution in [2.24, 2.45) is 0 Å². The molecule has 19 heavy (non-hydrogen) atoms. The minimum absolute atomic E-state index is 0.539. The second-order valence-electron chi connectivity index (χ2n) is 5.07. The fourth-order valence-corrected chi connectivity index (χ4v) is 3.89. The van der Waals surface area contributed by atoms with Gasteiger partial charge in [0.2, 0.25) is 0 Å². The van der Waals surface area contributed by atoms with E-state index in [1.165, 1.54) is 0 Å². The maximum atomic E-state index is 12.1. The second kappa shape index (κ2) is 7.23. The molecule has 4 heteroatoms. The lowest BCUT2D eigenvalue weighted by Gasteiger charge is -2.35. The Morgan fingerprint density at radius 1 is 1.11 bits per heavy atom. The van der Waals surface area contributed by atoms with Crippen LogP contribution in [0.25, 0.3) is 0 Å². The lowest BCUT2D eigenvalue weighted by Crippen LogP contribution is -2.26. The first kappa shape index (κ1) is 16.4. The molecule has 0 spiro atoms. The summed E-state index contributed by atoms with van der Waals surface area (Å²) in [4.78, 5) is 19.9. The maximum Gasteiger partial charge on any atom is 0.335 e. The molecule has 0 saturated carbocycles. The highest BCUT2D eigenvalue weighted by Crippen LogP contribution is 2.62. The largest absolute Gasteiger partial charge is 0.335 e. The van der Waals surface area contributed by atoms with Crippen LogP contribution < -0.4 is 0 Å². The van der Waals surface area contributed by atoms with Crippen LogP contribution in [0.1, 0.15) is 57.9 Å². The Hall–Kier alpha value is -0.630. The quantitative estimate of drug-likeness (QED) is 0.701. The summed E-state index contributed by atoms with van der Waals surface area (Å²) in [7, 11) is -4.20. The van der Waals surface area contributed by atoms with E-state index in [1.807, 2.05) is 13.8 Å². The van der Waals surface area contributed by atoms with Crippen LogP contribution in [-0.2, 0) is 9.72 Å². The van der Waals surface area contributed by atoms with Crippen molar-refractivity contribution in [1.82, 2.24) is 0 Å². The van der Waals surface area contributed by atoms with Gasteiger partial charge in [0.05, 0.1) is 5.16 Å². The van der Waals surface area contributed by atoms with Crippen LogP contribution in [-0.4, -0.2) is 9.79 Å². The van der Waals surface area contributed by atoms with E-state index in [1.54, 1.807) is 24.3 Å². The van der Waals surface area contributed by atoms with Crippen LogP contribution >= 0.6 is 7.60 Å². The van der Waals surface area contributed by atoms with Crippen LogP contribution in [0, 0.1) is 6.07 Å². The summed E-state index contributed by atoms with van der Waals surface area (Å²) in [5.41, 5.74) is 0.751. The molecule has 1 aromatic rings. The van der Waals surface area contributed by atoms with E-state index in [4.69, 9.17) is 0 Å². The van der Waals surface area contributed by atoms with Gasteiger partial charge >= 0.3 is 7.60 Å². The SMILES string of the molecule is CCCCC(CCCC)(c1cc[c]cc1)P(=O)(O)O. The zero-order valence-corrected chi connectivity index (χ0v) is 12.7. The molecule has 0 bridgehead atoms. The zero-order valence-electron chi connectivity index (χ0n) is 11.8. The monoisotopic (exact) mass is 283 g/mol. The van der Waals surface area contributed by atoms with Gasteiger partial charge in [-0.05, 0) is 24.5 Å². The van der Waals surface area contributed by atoms with Crippen molar-refractivity contribution in [3.63, 3.8) is 0 Å². The van der Waals surface area contributed by atoms with Crippen molar-refractivity contribution in [2.75, 3.05) is 0 Å². The van der Waals surface area contributed by atoms with E-state index in [-0.39, 0.29) is 0 Å². The summed E-state index contributed by atoms with van der Waals surface area (Å²) in [6.45, 7) is 4.09. The molecule has 0 atom stereocenters. The summed E-state index contributed by atoms with van der Waals surface area (Å²) in [5.74, 6) is 0. The van der Waals surface area contributed by atoms with Gasteiger partial charge in [-0.25, -0.2) is 0 Å². The molecule has 3 nitrogen and oxygen atoms in total.